The Labute approximate surface area is 268 Å². The first-order chi connectivity index (χ1) is 21.9. The number of para-hydroxylation sites is 2. The maximum Gasteiger partial charge on any atom is 0.418 e. The maximum absolute atomic E-state index is 14.1. The molecule has 238 valence electrons. The van der Waals surface area contributed by atoms with E-state index in [0.29, 0.717) is 37.6 Å². The van der Waals surface area contributed by atoms with Crippen LogP contribution >= 0.6 is 23.1 Å². The molecule has 4 aromatic rings. The molecule has 0 saturated carbocycles. The summed E-state index contributed by atoms with van der Waals surface area (Å²) >= 11 is 1.73. The van der Waals surface area contributed by atoms with Crippen LogP contribution in [0.5, 0.6) is 11.5 Å². The number of nitrogens with one attached hydrogen (secondary N) is 1. The second-order valence-electron chi connectivity index (χ2n) is 10.7. The normalized spacial score (nSPS) is 19.1. The number of aryl methyl sites for hydroxylation is 1. The number of thioether (sulfide) groups is 1. The molecule has 3 atom stereocenters. The average Bonchev–Trinajstić information content (AvgIpc) is 3.47. The molecule has 0 unspecified atom stereocenters. The van der Waals surface area contributed by atoms with Crippen LogP contribution in [0.3, 0.4) is 0 Å². The zero-order valence-electron chi connectivity index (χ0n) is 24.6. The van der Waals surface area contributed by atoms with Crippen molar-refractivity contribution < 1.29 is 37.0 Å². The minimum absolute atomic E-state index is 0.295. The molecule has 46 heavy (non-hydrogen) atoms. The van der Waals surface area contributed by atoms with Crippen molar-refractivity contribution in [1.29, 1.82) is 0 Å². The summed E-state index contributed by atoms with van der Waals surface area (Å²) in [5.41, 5.74) is 0.178. The number of halogens is 3. The first-order valence-corrected chi connectivity index (χ1v) is 15.7. The number of nitrogens with zero attached hydrogens (tertiary/aromatic N) is 2. The summed E-state index contributed by atoms with van der Waals surface area (Å²) in [7, 11) is 2.88. The van der Waals surface area contributed by atoms with Gasteiger partial charge in [-0.25, -0.2) is 4.90 Å². The first kappa shape index (κ1) is 31.4. The van der Waals surface area contributed by atoms with Crippen LogP contribution in [0.15, 0.2) is 76.6 Å². The average molecular weight is 670 g/mol. The third-order valence-corrected chi connectivity index (χ3v) is 10.6. The number of anilines is 2. The monoisotopic (exact) mass is 669 g/mol. The van der Waals surface area contributed by atoms with Crippen LogP contribution in [0.25, 0.3) is 0 Å². The van der Waals surface area contributed by atoms with E-state index in [2.05, 4.69) is 5.32 Å². The van der Waals surface area contributed by atoms with Crippen molar-refractivity contribution >= 4 is 52.2 Å². The van der Waals surface area contributed by atoms with Gasteiger partial charge in [0.15, 0.2) is 11.5 Å². The molecular weight excluding hydrogens is 643 g/mol. The second kappa shape index (κ2) is 12.0. The van der Waals surface area contributed by atoms with E-state index in [0.717, 1.165) is 40.8 Å². The Balaban J connectivity index is 1.47. The molecule has 0 spiro atoms. The van der Waals surface area contributed by atoms with Gasteiger partial charge in [0.2, 0.25) is 17.7 Å². The SMILES string of the molecule is COc1ccc([C@@H]2c3sc(=O)n(CC(=O)Nc4ccccc4C)c3S[C@H]3C(=O)N(c4ccccc4C(F)(F)F)C(=O)[C@@H]23)cc1OC. The van der Waals surface area contributed by atoms with Gasteiger partial charge in [0.1, 0.15) is 11.8 Å². The van der Waals surface area contributed by atoms with Gasteiger partial charge in [-0.1, -0.05) is 59.5 Å². The summed E-state index contributed by atoms with van der Waals surface area (Å²) in [6, 6.07) is 16.4. The Morgan fingerprint density at radius 2 is 1.63 bits per heavy atom. The minimum atomic E-state index is -4.83. The number of carbonyl (C=O) groups excluding carboxylic acids is 3. The zero-order chi connectivity index (χ0) is 32.9. The van der Waals surface area contributed by atoms with Crippen molar-refractivity contribution in [2.75, 3.05) is 24.4 Å². The third-order valence-electron chi connectivity index (χ3n) is 7.99. The summed E-state index contributed by atoms with van der Waals surface area (Å²) in [5, 5.41) is 1.91. The molecule has 3 aromatic carbocycles. The summed E-state index contributed by atoms with van der Waals surface area (Å²) in [6.07, 6.45) is -4.83. The van der Waals surface area contributed by atoms with Gasteiger partial charge in [0, 0.05) is 16.5 Å². The molecule has 0 bridgehead atoms. The van der Waals surface area contributed by atoms with Crippen LogP contribution in [-0.2, 0) is 27.1 Å². The number of imide groups is 1. The molecule has 9 nitrogen and oxygen atoms in total. The molecular formula is C32H26F3N3O6S2. The topological polar surface area (TPSA) is 107 Å². The van der Waals surface area contributed by atoms with E-state index in [-0.39, 0.29) is 6.54 Å². The second-order valence-corrected chi connectivity index (χ2v) is 12.8. The van der Waals surface area contributed by atoms with Gasteiger partial charge in [-0.05, 0) is 48.4 Å². The highest BCUT2D eigenvalue weighted by atomic mass is 32.2. The quantitative estimate of drug-likeness (QED) is 0.252. The Hall–Kier alpha value is -4.56. The van der Waals surface area contributed by atoms with Crippen molar-refractivity contribution in [1.82, 2.24) is 4.57 Å². The van der Waals surface area contributed by atoms with E-state index in [1.807, 2.05) is 19.1 Å². The molecule has 2 aliphatic rings. The van der Waals surface area contributed by atoms with Gasteiger partial charge in [-0.15, -0.1) is 0 Å². The Kier molecular flexibility index (Phi) is 8.19. The number of carbonyl (C=O) groups is 3. The highest BCUT2D eigenvalue weighted by Gasteiger charge is 2.58. The molecule has 1 fully saturated rings. The summed E-state index contributed by atoms with van der Waals surface area (Å²) < 4.78 is 54.2. The van der Waals surface area contributed by atoms with Gasteiger partial charge in [-0.3, -0.25) is 23.7 Å². The lowest BCUT2D eigenvalue weighted by atomic mass is 9.83. The number of benzene rings is 3. The third kappa shape index (κ3) is 5.34. The lowest BCUT2D eigenvalue weighted by Gasteiger charge is -2.31. The molecule has 3 heterocycles. The standard InChI is InChI=1S/C32H26F3N3O6S2/c1-16-8-4-6-10-19(16)36-23(39)15-37-30-27(46-31(37)42)24(17-12-13-21(43-2)22(14-17)44-3)25-26(45-30)29(41)38(28(25)40)20-11-7-5-9-18(20)32(33,34)35/h4-14,24-26H,15H2,1-3H3,(H,36,39)/t24-,25-,26+/m0/s1. The van der Waals surface area contributed by atoms with Crippen LogP contribution in [0.2, 0.25) is 0 Å². The smallest absolute Gasteiger partial charge is 0.418 e. The van der Waals surface area contributed by atoms with Crippen LogP contribution < -0.4 is 24.6 Å². The van der Waals surface area contributed by atoms with Crippen molar-refractivity contribution in [3.05, 3.63) is 98.0 Å². The highest BCUT2D eigenvalue weighted by Crippen LogP contribution is 2.55. The van der Waals surface area contributed by atoms with Gasteiger partial charge in [0.05, 0.1) is 36.4 Å². The number of hydrogen-bond donors (Lipinski definition) is 1. The fraction of sp³-hybridized carbons (Fsp3) is 0.250. The molecule has 3 amide bonds. The van der Waals surface area contributed by atoms with Crippen molar-refractivity contribution in [2.24, 2.45) is 5.92 Å². The lowest BCUT2D eigenvalue weighted by molar-refractivity contribution is -0.137. The van der Waals surface area contributed by atoms with Gasteiger partial charge < -0.3 is 14.8 Å². The van der Waals surface area contributed by atoms with E-state index in [1.54, 1.807) is 30.3 Å². The van der Waals surface area contributed by atoms with Crippen molar-refractivity contribution in [3.63, 3.8) is 0 Å². The number of fused-ring (bicyclic) bond motifs is 2. The van der Waals surface area contributed by atoms with Gasteiger partial charge in [0.25, 0.3) is 0 Å². The van der Waals surface area contributed by atoms with Crippen LogP contribution in [-0.4, -0.2) is 41.8 Å². The number of aromatic nitrogens is 1. The number of rotatable bonds is 7. The maximum atomic E-state index is 14.1. The number of ether oxygens (including phenoxy) is 2. The largest absolute Gasteiger partial charge is 0.493 e. The molecule has 2 aliphatic heterocycles. The number of alkyl halides is 3. The molecule has 0 radical (unpaired) electrons. The van der Waals surface area contributed by atoms with E-state index in [1.165, 1.54) is 30.9 Å². The highest BCUT2D eigenvalue weighted by molar-refractivity contribution is 8.00. The van der Waals surface area contributed by atoms with E-state index in [9.17, 15) is 32.3 Å². The van der Waals surface area contributed by atoms with Crippen molar-refractivity contribution in [2.45, 2.75) is 35.8 Å². The van der Waals surface area contributed by atoms with Gasteiger partial charge in [-0.2, -0.15) is 13.2 Å². The minimum Gasteiger partial charge on any atom is -0.493 e. The van der Waals surface area contributed by atoms with E-state index < -0.39 is 57.1 Å². The number of methoxy groups -OCH3 is 2. The number of hydrogen-bond acceptors (Lipinski definition) is 8. The molecule has 0 aliphatic carbocycles. The number of thiazole rings is 1. The predicted octanol–water partition coefficient (Wildman–Crippen LogP) is 5.69. The predicted molar refractivity (Wildman–Crippen MR) is 167 cm³/mol. The van der Waals surface area contributed by atoms with Crippen LogP contribution in [0, 0.1) is 12.8 Å². The van der Waals surface area contributed by atoms with E-state index in [4.69, 9.17) is 9.47 Å². The zero-order valence-corrected chi connectivity index (χ0v) is 26.2. The van der Waals surface area contributed by atoms with Crippen molar-refractivity contribution in [3.8, 4) is 11.5 Å². The molecule has 1 aromatic heterocycles. The fourth-order valence-electron chi connectivity index (χ4n) is 5.85. The van der Waals surface area contributed by atoms with Crippen LogP contribution in [0.1, 0.15) is 27.5 Å². The Bertz CT molecular complexity index is 1940. The van der Waals surface area contributed by atoms with Crippen LogP contribution in [0.4, 0.5) is 24.5 Å². The summed E-state index contributed by atoms with van der Waals surface area (Å²) in [6.45, 7) is 1.44. The van der Waals surface area contributed by atoms with Gasteiger partial charge >= 0.3 is 11.0 Å². The lowest BCUT2D eigenvalue weighted by Crippen LogP contribution is -2.33. The first-order valence-electron chi connectivity index (χ1n) is 14.0. The summed E-state index contributed by atoms with van der Waals surface area (Å²) in [4.78, 5) is 55.2. The van der Waals surface area contributed by atoms with E-state index >= 15 is 0 Å². The number of amides is 3. The fourth-order valence-corrected chi connectivity index (χ4v) is 8.63. The molecule has 6 rings (SSSR count). The molecule has 1 saturated heterocycles. The molecule has 14 heteroatoms. The molecule has 1 N–H and O–H groups in total. The summed E-state index contributed by atoms with van der Waals surface area (Å²) in [5.74, 6) is -3.53. The Morgan fingerprint density at radius 3 is 2.33 bits per heavy atom. The Morgan fingerprint density at radius 1 is 0.935 bits per heavy atom.